The van der Waals surface area contributed by atoms with Crippen LogP contribution < -0.4 is 5.32 Å². The smallest absolute Gasteiger partial charge is 0.243 e. The summed E-state index contributed by atoms with van der Waals surface area (Å²) < 4.78 is 27.2. The van der Waals surface area contributed by atoms with Gasteiger partial charge >= 0.3 is 0 Å². The summed E-state index contributed by atoms with van der Waals surface area (Å²) in [6, 6.07) is 7.25. The van der Waals surface area contributed by atoms with Crippen LogP contribution >= 0.6 is 0 Å². The van der Waals surface area contributed by atoms with Gasteiger partial charge in [0.25, 0.3) is 0 Å². The fraction of sp³-hybridized carbons (Fsp3) is 0.600. The van der Waals surface area contributed by atoms with Gasteiger partial charge in [0.2, 0.25) is 10.0 Å². The Morgan fingerprint density at radius 3 is 2.70 bits per heavy atom. The molecule has 0 saturated carbocycles. The van der Waals surface area contributed by atoms with E-state index in [1.807, 2.05) is 32.9 Å². The van der Waals surface area contributed by atoms with E-state index in [2.05, 4.69) is 5.32 Å². The van der Waals surface area contributed by atoms with Gasteiger partial charge in [0.1, 0.15) is 0 Å². The Bertz CT molecular complexity index is 567. The quantitative estimate of drug-likeness (QED) is 0.907. The lowest BCUT2D eigenvalue weighted by Gasteiger charge is -2.30. The predicted molar refractivity (Wildman–Crippen MR) is 81.0 cm³/mol. The maximum atomic E-state index is 12.8. The van der Waals surface area contributed by atoms with E-state index >= 15 is 0 Å². The number of rotatable bonds is 5. The van der Waals surface area contributed by atoms with Crippen LogP contribution in [0.1, 0.15) is 39.2 Å². The van der Waals surface area contributed by atoms with Gasteiger partial charge in [-0.2, -0.15) is 4.31 Å². The standard InChI is InChI=1S/C15H24N2O2S/c1-4-16-12-13-7-5-8-14(11-13)20(18,19)17-10-6-9-15(17,2)3/h5,7-8,11,16H,4,6,9-10,12H2,1-3H3. The number of sulfonamides is 1. The first-order valence-electron chi connectivity index (χ1n) is 7.20. The molecular weight excluding hydrogens is 272 g/mol. The van der Waals surface area contributed by atoms with Gasteiger partial charge in [-0.3, -0.25) is 0 Å². The minimum atomic E-state index is -3.39. The molecule has 4 nitrogen and oxygen atoms in total. The van der Waals surface area contributed by atoms with Crippen molar-refractivity contribution in [2.45, 2.75) is 50.6 Å². The minimum Gasteiger partial charge on any atom is -0.313 e. The van der Waals surface area contributed by atoms with Crippen molar-refractivity contribution in [3.63, 3.8) is 0 Å². The Morgan fingerprint density at radius 1 is 1.35 bits per heavy atom. The van der Waals surface area contributed by atoms with Crippen molar-refractivity contribution in [2.75, 3.05) is 13.1 Å². The maximum absolute atomic E-state index is 12.8. The molecule has 2 rings (SSSR count). The van der Waals surface area contributed by atoms with E-state index in [4.69, 9.17) is 0 Å². The molecule has 0 atom stereocenters. The molecule has 0 aliphatic carbocycles. The Morgan fingerprint density at radius 2 is 2.10 bits per heavy atom. The van der Waals surface area contributed by atoms with Crippen LogP contribution in [0.4, 0.5) is 0 Å². The summed E-state index contributed by atoms with van der Waals surface area (Å²) in [5.74, 6) is 0. The second-order valence-corrected chi connectivity index (χ2v) is 7.78. The predicted octanol–water partition coefficient (Wildman–Crippen LogP) is 2.36. The first-order valence-corrected chi connectivity index (χ1v) is 8.64. The molecule has 112 valence electrons. The molecule has 0 spiro atoms. The van der Waals surface area contributed by atoms with Crippen molar-refractivity contribution in [3.8, 4) is 0 Å². The summed E-state index contributed by atoms with van der Waals surface area (Å²) in [6.45, 7) is 8.22. The highest BCUT2D eigenvalue weighted by Gasteiger charge is 2.40. The number of nitrogens with zero attached hydrogens (tertiary/aromatic N) is 1. The minimum absolute atomic E-state index is 0.281. The molecule has 0 aromatic heterocycles. The molecular formula is C15H24N2O2S. The summed E-state index contributed by atoms with van der Waals surface area (Å²) in [5, 5.41) is 3.22. The first-order chi connectivity index (χ1) is 9.38. The fourth-order valence-electron chi connectivity index (χ4n) is 2.74. The van der Waals surface area contributed by atoms with Crippen molar-refractivity contribution >= 4 is 10.0 Å². The zero-order chi connectivity index (χ0) is 14.8. The molecule has 1 aliphatic rings. The molecule has 20 heavy (non-hydrogen) atoms. The molecule has 1 saturated heterocycles. The van der Waals surface area contributed by atoms with Gasteiger partial charge in [-0.05, 0) is 50.9 Å². The molecule has 1 aromatic carbocycles. The van der Waals surface area contributed by atoms with Gasteiger partial charge in [-0.25, -0.2) is 8.42 Å². The Labute approximate surface area is 122 Å². The van der Waals surface area contributed by atoms with Crippen LogP contribution in [0, 0.1) is 0 Å². The molecule has 0 bridgehead atoms. The van der Waals surface area contributed by atoms with Gasteiger partial charge < -0.3 is 5.32 Å². The molecule has 1 aromatic rings. The number of hydrogen-bond donors (Lipinski definition) is 1. The van der Waals surface area contributed by atoms with Gasteiger partial charge in [0, 0.05) is 18.6 Å². The Hall–Kier alpha value is -0.910. The molecule has 0 unspecified atom stereocenters. The lowest BCUT2D eigenvalue weighted by Crippen LogP contribution is -2.42. The molecule has 0 amide bonds. The highest BCUT2D eigenvalue weighted by atomic mass is 32.2. The lowest BCUT2D eigenvalue weighted by molar-refractivity contribution is 0.291. The molecule has 1 aliphatic heterocycles. The van der Waals surface area contributed by atoms with E-state index in [-0.39, 0.29) is 5.54 Å². The van der Waals surface area contributed by atoms with Crippen LogP contribution in [0.5, 0.6) is 0 Å². The van der Waals surface area contributed by atoms with E-state index in [0.717, 1.165) is 24.9 Å². The summed E-state index contributed by atoms with van der Waals surface area (Å²) in [7, 11) is -3.39. The third kappa shape index (κ3) is 3.05. The number of nitrogens with one attached hydrogen (secondary N) is 1. The second-order valence-electron chi connectivity index (χ2n) is 5.92. The summed E-state index contributed by atoms with van der Waals surface area (Å²) in [5.41, 5.74) is 0.723. The molecule has 1 fully saturated rings. The van der Waals surface area contributed by atoms with E-state index in [0.29, 0.717) is 18.0 Å². The molecule has 1 heterocycles. The van der Waals surface area contributed by atoms with Crippen LogP contribution in [0.15, 0.2) is 29.2 Å². The van der Waals surface area contributed by atoms with Gasteiger partial charge in [-0.15, -0.1) is 0 Å². The van der Waals surface area contributed by atoms with Gasteiger partial charge in [0.15, 0.2) is 0 Å². The van der Waals surface area contributed by atoms with Crippen LogP contribution in [-0.4, -0.2) is 31.4 Å². The summed E-state index contributed by atoms with van der Waals surface area (Å²) in [6.07, 6.45) is 1.85. The van der Waals surface area contributed by atoms with Crippen molar-refractivity contribution in [2.24, 2.45) is 0 Å². The monoisotopic (exact) mass is 296 g/mol. The average Bonchev–Trinajstić information content (AvgIpc) is 2.77. The topological polar surface area (TPSA) is 49.4 Å². The van der Waals surface area contributed by atoms with E-state index in [1.54, 1.807) is 16.4 Å². The average molecular weight is 296 g/mol. The van der Waals surface area contributed by atoms with Gasteiger partial charge in [-0.1, -0.05) is 19.1 Å². The maximum Gasteiger partial charge on any atom is 0.243 e. The van der Waals surface area contributed by atoms with E-state index < -0.39 is 10.0 Å². The summed E-state index contributed by atoms with van der Waals surface area (Å²) in [4.78, 5) is 0.405. The van der Waals surface area contributed by atoms with Crippen molar-refractivity contribution < 1.29 is 8.42 Å². The first kappa shape index (κ1) is 15.5. The van der Waals surface area contributed by atoms with Gasteiger partial charge in [0.05, 0.1) is 4.90 Å². The fourth-order valence-corrected chi connectivity index (χ4v) is 4.66. The number of benzene rings is 1. The van der Waals surface area contributed by atoms with Crippen molar-refractivity contribution in [3.05, 3.63) is 29.8 Å². The van der Waals surface area contributed by atoms with Crippen LogP contribution in [0.25, 0.3) is 0 Å². The molecule has 5 heteroatoms. The zero-order valence-electron chi connectivity index (χ0n) is 12.5. The lowest BCUT2D eigenvalue weighted by atomic mass is 10.0. The largest absolute Gasteiger partial charge is 0.313 e. The Balaban J connectivity index is 2.30. The van der Waals surface area contributed by atoms with Crippen LogP contribution in [0.3, 0.4) is 0 Å². The van der Waals surface area contributed by atoms with Crippen LogP contribution in [0.2, 0.25) is 0 Å². The van der Waals surface area contributed by atoms with Crippen molar-refractivity contribution in [1.82, 2.24) is 9.62 Å². The zero-order valence-corrected chi connectivity index (χ0v) is 13.3. The number of hydrogen-bond acceptors (Lipinski definition) is 3. The Kier molecular flexibility index (Phi) is 4.52. The third-order valence-corrected chi connectivity index (χ3v) is 6.00. The SMILES string of the molecule is CCNCc1cccc(S(=O)(=O)N2CCCC2(C)C)c1. The van der Waals surface area contributed by atoms with Crippen LogP contribution in [-0.2, 0) is 16.6 Å². The highest BCUT2D eigenvalue weighted by Crippen LogP contribution is 2.33. The molecule has 1 N–H and O–H groups in total. The molecule has 0 radical (unpaired) electrons. The van der Waals surface area contributed by atoms with E-state index in [1.165, 1.54) is 0 Å². The third-order valence-electron chi connectivity index (χ3n) is 3.89. The second kappa shape index (κ2) is 5.84. The summed E-state index contributed by atoms with van der Waals surface area (Å²) >= 11 is 0. The normalized spacial score (nSPS) is 19.4. The highest BCUT2D eigenvalue weighted by molar-refractivity contribution is 7.89. The van der Waals surface area contributed by atoms with E-state index in [9.17, 15) is 8.42 Å². The van der Waals surface area contributed by atoms with Crippen molar-refractivity contribution in [1.29, 1.82) is 0 Å².